The minimum atomic E-state index is -0.674. The van der Waals surface area contributed by atoms with Crippen LogP contribution in [0.2, 0.25) is 0 Å². The van der Waals surface area contributed by atoms with E-state index in [2.05, 4.69) is 15.7 Å². The summed E-state index contributed by atoms with van der Waals surface area (Å²) in [6.45, 7) is 10.2. The highest BCUT2D eigenvalue weighted by Crippen LogP contribution is 2.22. The Balaban J connectivity index is 2.03. The average molecular weight is 334 g/mol. The molecule has 0 saturated heterocycles. The molecule has 0 aliphatic carbocycles. The third-order valence-electron chi connectivity index (χ3n) is 3.66. The highest BCUT2D eigenvalue weighted by Gasteiger charge is 2.21. The molecule has 0 aromatic carbocycles. The molecule has 2 aromatic heterocycles. The third-order valence-corrected chi connectivity index (χ3v) is 4.84. The van der Waals surface area contributed by atoms with Gasteiger partial charge in [0.05, 0.1) is 23.1 Å². The maximum absolute atomic E-state index is 12.1. The SMILES string of the molecule is CCn1nc(C)c(NC(=O)C(=O)N[C@H](C)c2ccc(C)s2)c1C. The van der Waals surface area contributed by atoms with Crippen molar-refractivity contribution in [1.29, 1.82) is 0 Å². The summed E-state index contributed by atoms with van der Waals surface area (Å²) >= 11 is 1.60. The van der Waals surface area contributed by atoms with Gasteiger partial charge in [0.1, 0.15) is 0 Å². The zero-order valence-electron chi connectivity index (χ0n) is 14.1. The average Bonchev–Trinajstić information content (AvgIpc) is 3.05. The maximum atomic E-state index is 12.1. The summed E-state index contributed by atoms with van der Waals surface area (Å²) in [6.07, 6.45) is 0. The number of aryl methyl sites for hydroxylation is 3. The predicted molar refractivity (Wildman–Crippen MR) is 91.6 cm³/mol. The smallest absolute Gasteiger partial charge is 0.313 e. The van der Waals surface area contributed by atoms with E-state index in [-0.39, 0.29) is 6.04 Å². The summed E-state index contributed by atoms with van der Waals surface area (Å²) < 4.78 is 1.79. The molecule has 124 valence electrons. The van der Waals surface area contributed by atoms with Gasteiger partial charge in [-0.05, 0) is 46.8 Å². The second-order valence-corrected chi connectivity index (χ2v) is 6.78. The highest BCUT2D eigenvalue weighted by molar-refractivity contribution is 7.12. The number of carbonyl (C=O) groups excluding carboxylic acids is 2. The van der Waals surface area contributed by atoms with Gasteiger partial charge < -0.3 is 10.6 Å². The molecule has 0 aliphatic heterocycles. The number of nitrogens with one attached hydrogen (secondary N) is 2. The molecular weight excluding hydrogens is 312 g/mol. The Labute approximate surface area is 139 Å². The van der Waals surface area contributed by atoms with Crippen LogP contribution in [-0.4, -0.2) is 21.6 Å². The predicted octanol–water partition coefficient (Wildman–Crippen LogP) is 2.71. The van der Waals surface area contributed by atoms with Gasteiger partial charge in [-0.3, -0.25) is 14.3 Å². The molecule has 23 heavy (non-hydrogen) atoms. The van der Waals surface area contributed by atoms with Gasteiger partial charge in [0.25, 0.3) is 0 Å². The van der Waals surface area contributed by atoms with Gasteiger partial charge in [0.15, 0.2) is 0 Å². The Hall–Kier alpha value is -2.15. The number of nitrogens with zero attached hydrogens (tertiary/aromatic N) is 2. The molecule has 0 bridgehead atoms. The maximum Gasteiger partial charge on any atom is 0.313 e. The Morgan fingerprint density at radius 2 is 1.96 bits per heavy atom. The lowest BCUT2D eigenvalue weighted by Gasteiger charge is -2.12. The van der Waals surface area contributed by atoms with Crippen LogP contribution in [0.4, 0.5) is 5.69 Å². The molecule has 6 nitrogen and oxygen atoms in total. The molecule has 0 fully saturated rings. The lowest BCUT2D eigenvalue weighted by Crippen LogP contribution is -2.36. The first-order valence-corrected chi connectivity index (χ1v) is 8.37. The van der Waals surface area contributed by atoms with Crippen LogP contribution < -0.4 is 10.6 Å². The van der Waals surface area contributed by atoms with Crippen molar-refractivity contribution in [3.63, 3.8) is 0 Å². The summed E-state index contributed by atoms with van der Waals surface area (Å²) in [5, 5.41) is 9.71. The van der Waals surface area contributed by atoms with Crippen molar-refractivity contribution >= 4 is 28.8 Å². The van der Waals surface area contributed by atoms with E-state index in [0.29, 0.717) is 17.9 Å². The van der Waals surface area contributed by atoms with Crippen molar-refractivity contribution in [3.8, 4) is 0 Å². The lowest BCUT2D eigenvalue weighted by molar-refractivity contribution is -0.136. The minimum absolute atomic E-state index is 0.201. The Bertz CT molecular complexity index is 733. The summed E-state index contributed by atoms with van der Waals surface area (Å²) in [5.41, 5.74) is 2.15. The molecule has 0 spiro atoms. The topological polar surface area (TPSA) is 76.0 Å². The van der Waals surface area contributed by atoms with E-state index in [4.69, 9.17) is 0 Å². The first-order valence-electron chi connectivity index (χ1n) is 7.55. The van der Waals surface area contributed by atoms with Gasteiger partial charge >= 0.3 is 11.8 Å². The van der Waals surface area contributed by atoms with Crippen molar-refractivity contribution in [2.75, 3.05) is 5.32 Å². The van der Waals surface area contributed by atoms with Crippen LogP contribution in [0.25, 0.3) is 0 Å². The molecule has 2 N–H and O–H groups in total. The molecule has 0 saturated carbocycles. The minimum Gasteiger partial charge on any atom is -0.340 e. The Kier molecular flexibility index (Phi) is 5.20. The summed E-state index contributed by atoms with van der Waals surface area (Å²) in [4.78, 5) is 26.4. The van der Waals surface area contributed by atoms with Gasteiger partial charge in [-0.15, -0.1) is 11.3 Å². The van der Waals surface area contributed by atoms with E-state index in [1.54, 1.807) is 16.0 Å². The van der Waals surface area contributed by atoms with E-state index in [1.165, 1.54) is 4.88 Å². The number of hydrogen-bond acceptors (Lipinski definition) is 4. The quantitative estimate of drug-likeness (QED) is 0.844. The van der Waals surface area contributed by atoms with E-state index in [9.17, 15) is 9.59 Å². The largest absolute Gasteiger partial charge is 0.340 e. The van der Waals surface area contributed by atoms with Crippen molar-refractivity contribution in [2.24, 2.45) is 0 Å². The molecule has 0 aliphatic rings. The number of amides is 2. The van der Waals surface area contributed by atoms with E-state index < -0.39 is 11.8 Å². The number of thiophene rings is 1. The lowest BCUT2D eigenvalue weighted by atomic mass is 10.2. The number of aromatic nitrogens is 2. The third kappa shape index (κ3) is 3.79. The summed E-state index contributed by atoms with van der Waals surface area (Å²) in [7, 11) is 0. The number of anilines is 1. The first kappa shape index (κ1) is 17.2. The second-order valence-electron chi connectivity index (χ2n) is 5.46. The Morgan fingerprint density at radius 3 is 2.48 bits per heavy atom. The van der Waals surface area contributed by atoms with Crippen LogP contribution in [0.15, 0.2) is 12.1 Å². The van der Waals surface area contributed by atoms with Crippen LogP contribution in [-0.2, 0) is 16.1 Å². The van der Waals surface area contributed by atoms with E-state index in [1.807, 2.05) is 46.8 Å². The van der Waals surface area contributed by atoms with Gasteiger partial charge in [-0.2, -0.15) is 5.10 Å². The van der Waals surface area contributed by atoms with Crippen molar-refractivity contribution < 1.29 is 9.59 Å². The first-order chi connectivity index (χ1) is 10.8. The number of rotatable bonds is 4. The van der Waals surface area contributed by atoms with Crippen molar-refractivity contribution in [2.45, 2.75) is 47.2 Å². The summed E-state index contributed by atoms with van der Waals surface area (Å²) in [6, 6.07) is 3.75. The fourth-order valence-electron chi connectivity index (χ4n) is 2.38. The van der Waals surface area contributed by atoms with Gasteiger partial charge in [0.2, 0.25) is 0 Å². The van der Waals surface area contributed by atoms with Crippen molar-refractivity contribution in [1.82, 2.24) is 15.1 Å². The Morgan fingerprint density at radius 1 is 1.26 bits per heavy atom. The van der Waals surface area contributed by atoms with E-state index in [0.717, 1.165) is 10.6 Å². The zero-order valence-corrected chi connectivity index (χ0v) is 14.9. The molecule has 2 aromatic rings. The van der Waals surface area contributed by atoms with Crippen LogP contribution in [0.1, 0.15) is 41.0 Å². The van der Waals surface area contributed by atoms with Gasteiger partial charge in [-0.25, -0.2) is 0 Å². The molecule has 2 heterocycles. The van der Waals surface area contributed by atoms with E-state index >= 15 is 0 Å². The standard InChI is InChI=1S/C16H22N4O2S/c1-6-20-12(5)14(11(4)19-20)18-16(22)15(21)17-10(3)13-8-7-9(2)23-13/h7-8,10H,6H2,1-5H3,(H,17,21)(H,18,22)/t10-/m1/s1. The molecule has 0 radical (unpaired) electrons. The fourth-order valence-corrected chi connectivity index (χ4v) is 3.26. The van der Waals surface area contributed by atoms with Crippen LogP contribution in [0.5, 0.6) is 0 Å². The number of hydrogen-bond donors (Lipinski definition) is 2. The molecule has 7 heteroatoms. The number of carbonyl (C=O) groups is 2. The normalized spacial score (nSPS) is 12.0. The fraction of sp³-hybridized carbons (Fsp3) is 0.438. The van der Waals surface area contributed by atoms with Crippen LogP contribution in [0.3, 0.4) is 0 Å². The second kappa shape index (κ2) is 6.95. The monoisotopic (exact) mass is 334 g/mol. The van der Waals surface area contributed by atoms with Gasteiger partial charge in [-0.1, -0.05) is 0 Å². The molecule has 2 amide bonds. The summed E-state index contributed by atoms with van der Waals surface area (Å²) in [5.74, 6) is -1.32. The molecule has 0 unspecified atom stereocenters. The van der Waals surface area contributed by atoms with Crippen LogP contribution >= 0.6 is 11.3 Å². The molecule has 2 rings (SSSR count). The highest BCUT2D eigenvalue weighted by atomic mass is 32.1. The van der Waals surface area contributed by atoms with Crippen LogP contribution in [0, 0.1) is 20.8 Å². The van der Waals surface area contributed by atoms with Gasteiger partial charge in [0, 0.05) is 16.3 Å². The molecule has 1 atom stereocenters. The molecular formula is C16H22N4O2S. The van der Waals surface area contributed by atoms with Crippen molar-refractivity contribution in [3.05, 3.63) is 33.3 Å². The zero-order chi connectivity index (χ0) is 17.1.